The lowest BCUT2D eigenvalue weighted by atomic mass is 10.0. The van der Waals surface area contributed by atoms with Crippen LogP contribution in [0, 0.1) is 0 Å². The third-order valence-corrected chi connectivity index (χ3v) is 10.1. The molecule has 0 aliphatic heterocycles. The molecule has 1 amide bonds. The van der Waals surface area contributed by atoms with E-state index < -0.39 is 32.7 Å². The molecule has 10 heteroatoms. The van der Waals surface area contributed by atoms with Crippen molar-refractivity contribution >= 4 is 13.7 Å². The van der Waals surface area contributed by atoms with E-state index in [0.717, 1.165) is 32.1 Å². The fourth-order valence-corrected chi connectivity index (χ4v) is 6.50. The fourth-order valence-electron chi connectivity index (χ4n) is 5.78. The predicted molar refractivity (Wildman–Crippen MR) is 202 cm³/mol. The Balaban J connectivity index is 4.62. The Kier molecular flexibility index (Phi) is 31.4. The lowest BCUT2D eigenvalue weighted by Gasteiger charge is -2.31. The van der Waals surface area contributed by atoms with E-state index >= 15 is 0 Å². The Morgan fingerprint density at radius 3 is 1.65 bits per heavy atom. The number of rotatable bonds is 36. The summed E-state index contributed by atoms with van der Waals surface area (Å²) in [5.41, 5.74) is 0. The number of aliphatic hydroxyl groups is 2. The molecule has 9 nitrogen and oxygen atoms in total. The van der Waals surface area contributed by atoms with Crippen LogP contribution in [0.4, 0.5) is 0 Å². The zero-order valence-electron chi connectivity index (χ0n) is 32.5. The van der Waals surface area contributed by atoms with Gasteiger partial charge in [-0.05, 0) is 38.5 Å². The second-order valence-electron chi connectivity index (χ2n) is 15.1. The molecule has 0 rings (SSSR count). The molecule has 0 fully saturated rings. The summed E-state index contributed by atoms with van der Waals surface area (Å²) in [5, 5.41) is 24.5. The van der Waals surface area contributed by atoms with Crippen molar-refractivity contribution in [3.8, 4) is 0 Å². The molecule has 0 radical (unpaired) electrons. The highest BCUT2D eigenvalue weighted by Crippen LogP contribution is 2.38. The fraction of sp³-hybridized carbons (Fsp3) is 0.923. The monoisotopic (exact) mass is 719 g/mol. The summed E-state index contributed by atoms with van der Waals surface area (Å²) < 4.78 is 23.0. The average molecular weight is 719 g/mol. The normalized spacial score (nSPS) is 15.3. The second kappa shape index (κ2) is 31.9. The van der Waals surface area contributed by atoms with Crippen LogP contribution < -0.4 is 10.2 Å². The Labute approximate surface area is 302 Å². The topological polar surface area (TPSA) is 128 Å². The average Bonchev–Trinajstić information content (AvgIpc) is 3.04. The van der Waals surface area contributed by atoms with E-state index in [4.69, 9.17) is 9.05 Å². The van der Waals surface area contributed by atoms with Gasteiger partial charge in [-0.3, -0.25) is 9.36 Å². The summed E-state index contributed by atoms with van der Waals surface area (Å²) in [6.07, 6.45) is 29.6. The molecule has 0 spiro atoms. The standard InChI is InChI=1S/C39H79N2O7P/c1-6-8-10-12-14-16-18-20-22-24-26-28-30-32-38(43)40-36(35-48-49(45,46)47-34-33-41(3,4)5)39(44)37(42)31-29-27-25-23-21-19-17-15-13-11-9-7-2/h23,25,36-37,39,42,44H,6-22,24,26-35H2,1-5H3,(H-,40,43,45,46)/b25-23+. The van der Waals surface area contributed by atoms with Crippen molar-refractivity contribution in [1.82, 2.24) is 5.32 Å². The molecule has 292 valence electrons. The number of allylic oxidation sites excluding steroid dienone is 2. The van der Waals surface area contributed by atoms with Crippen LogP contribution in [0.1, 0.15) is 174 Å². The van der Waals surface area contributed by atoms with E-state index in [9.17, 15) is 24.5 Å². The zero-order valence-corrected chi connectivity index (χ0v) is 33.4. The third-order valence-electron chi connectivity index (χ3n) is 9.10. The Morgan fingerprint density at radius 2 is 1.16 bits per heavy atom. The maximum absolute atomic E-state index is 12.8. The van der Waals surface area contributed by atoms with Gasteiger partial charge in [-0.1, -0.05) is 142 Å². The van der Waals surface area contributed by atoms with E-state index in [1.54, 1.807) is 0 Å². The minimum absolute atomic E-state index is 0.0436. The van der Waals surface area contributed by atoms with Gasteiger partial charge in [0, 0.05) is 6.42 Å². The van der Waals surface area contributed by atoms with Gasteiger partial charge in [0.25, 0.3) is 7.82 Å². The lowest BCUT2D eigenvalue weighted by Crippen LogP contribution is -2.51. The Morgan fingerprint density at radius 1 is 0.714 bits per heavy atom. The highest BCUT2D eigenvalue weighted by atomic mass is 31.2. The van der Waals surface area contributed by atoms with Crippen LogP contribution in [0.25, 0.3) is 0 Å². The van der Waals surface area contributed by atoms with Crippen molar-refractivity contribution < 1.29 is 38.0 Å². The largest absolute Gasteiger partial charge is 0.756 e. The molecule has 0 saturated heterocycles. The molecule has 0 heterocycles. The number of phosphoric acid groups is 1. The van der Waals surface area contributed by atoms with Crippen LogP contribution in [0.5, 0.6) is 0 Å². The molecule has 4 unspecified atom stereocenters. The summed E-state index contributed by atoms with van der Waals surface area (Å²) in [7, 11) is 1.11. The number of hydrogen-bond acceptors (Lipinski definition) is 7. The molecular formula is C39H79N2O7P. The van der Waals surface area contributed by atoms with E-state index in [0.29, 0.717) is 23.9 Å². The summed E-state index contributed by atoms with van der Waals surface area (Å²) in [6, 6.07) is -1.08. The van der Waals surface area contributed by atoms with Crippen molar-refractivity contribution in [2.75, 3.05) is 40.9 Å². The van der Waals surface area contributed by atoms with Gasteiger partial charge in [0.1, 0.15) is 19.3 Å². The highest BCUT2D eigenvalue weighted by molar-refractivity contribution is 7.45. The van der Waals surface area contributed by atoms with E-state index in [1.807, 2.05) is 21.1 Å². The minimum atomic E-state index is -4.66. The van der Waals surface area contributed by atoms with Crippen LogP contribution in [-0.4, -0.2) is 79.8 Å². The molecule has 0 saturated carbocycles. The van der Waals surface area contributed by atoms with E-state index in [1.165, 1.54) is 109 Å². The van der Waals surface area contributed by atoms with Crippen LogP contribution in [0.2, 0.25) is 0 Å². The maximum atomic E-state index is 12.8. The maximum Gasteiger partial charge on any atom is 0.268 e. The number of aliphatic hydroxyl groups excluding tert-OH is 2. The Bertz CT molecular complexity index is 837. The van der Waals surface area contributed by atoms with Crippen molar-refractivity contribution in [2.45, 2.75) is 193 Å². The summed E-state index contributed by atoms with van der Waals surface area (Å²) in [6.45, 7) is 4.39. The molecule has 0 aliphatic carbocycles. The molecule has 0 aromatic heterocycles. The number of likely N-dealkylation sites (N-methyl/N-ethyl adjacent to an activating group) is 1. The zero-order chi connectivity index (χ0) is 36.6. The van der Waals surface area contributed by atoms with E-state index in [-0.39, 0.29) is 18.9 Å². The molecule has 0 aliphatic rings. The van der Waals surface area contributed by atoms with Crippen molar-refractivity contribution in [3.05, 3.63) is 12.2 Å². The number of unbranched alkanes of at least 4 members (excludes halogenated alkanes) is 20. The highest BCUT2D eigenvalue weighted by Gasteiger charge is 2.29. The molecule has 49 heavy (non-hydrogen) atoms. The molecule has 3 N–H and O–H groups in total. The first kappa shape index (κ1) is 48.2. The van der Waals surface area contributed by atoms with Gasteiger partial charge in [-0.15, -0.1) is 0 Å². The summed E-state index contributed by atoms with van der Waals surface area (Å²) in [4.78, 5) is 25.2. The number of carbonyl (C=O) groups excluding carboxylic acids is 1. The van der Waals surface area contributed by atoms with E-state index in [2.05, 4.69) is 31.3 Å². The number of quaternary nitrogens is 1. The number of hydrogen-bond donors (Lipinski definition) is 3. The van der Waals surface area contributed by atoms with Gasteiger partial charge in [-0.2, -0.15) is 0 Å². The van der Waals surface area contributed by atoms with Gasteiger partial charge in [0.2, 0.25) is 5.91 Å². The molecule has 0 aromatic rings. The van der Waals surface area contributed by atoms with Crippen LogP contribution >= 0.6 is 7.82 Å². The number of carbonyl (C=O) groups is 1. The van der Waals surface area contributed by atoms with Crippen molar-refractivity contribution in [3.63, 3.8) is 0 Å². The summed E-state index contributed by atoms with van der Waals surface area (Å²) >= 11 is 0. The number of phosphoric ester groups is 1. The molecule has 4 atom stereocenters. The predicted octanol–water partition coefficient (Wildman–Crippen LogP) is 8.75. The first-order chi connectivity index (χ1) is 23.4. The van der Waals surface area contributed by atoms with Crippen molar-refractivity contribution in [2.24, 2.45) is 0 Å². The first-order valence-electron chi connectivity index (χ1n) is 20.1. The molecular weight excluding hydrogens is 639 g/mol. The quantitative estimate of drug-likeness (QED) is 0.0256. The van der Waals surface area contributed by atoms with Gasteiger partial charge in [-0.25, -0.2) is 0 Å². The number of nitrogens with zero attached hydrogens (tertiary/aromatic N) is 1. The molecule has 0 bridgehead atoms. The van der Waals surface area contributed by atoms with Gasteiger partial charge >= 0.3 is 0 Å². The van der Waals surface area contributed by atoms with Crippen molar-refractivity contribution in [1.29, 1.82) is 0 Å². The smallest absolute Gasteiger partial charge is 0.268 e. The second-order valence-corrected chi connectivity index (χ2v) is 16.5. The van der Waals surface area contributed by atoms with Crippen LogP contribution in [0.3, 0.4) is 0 Å². The SMILES string of the molecule is CCCCCCCCC/C=C/CCCC(O)C(O)C(COP(=O)([O-])OCC[N+](C)(C)C)NC(=O)CCCCCCCCCCCCCCC. The first-order valence-corrected chi connectivity index (χ1v) is 21.6. The lowest BCUT2D eigenvalue weighted by molar-refractivity contribution is -0.870. The third kappa shape index (κ3) is 32.8. The number of nitrogens with one attached hydrogen (secondary N) is 1. The van der Waals surface area contributed by atoms with Gasteiger partial charge in [0.05, 0.1) is 39.9 Å². The van der Waals surface area contributed by atoms with Gasteiger partial charge < -0.3 is 34.0 Å². The molecule has 0 aromatic carbocycles. The minimum Gasteiger partial charge on any atom is -0.756 e. The van der Waals surface area contributed by atoms with Crippen LogP contribution in [0.15, 0.2) is 12.2 Å². The summed E-state index contributed by atoms with van der Waals surface area (Å²) in [5.74, 6) is -0.289. The van der Waals surface area contributed by atoms with Crippen LogP contribution in [-0.2, 0) is 18.4 Å². The van der Waals surface area contributed by atoms with Gasteiger partial charge in [0.15, 0.2) is 0 Å². The Hall–Kier alpha value is -0.800. The number of amides is 1.